The zero-order valence-electron chi connectivity index (χ0n) is 6.42. The van der Waals surface area contributed by atoms with Gasteiger partial charge in [-0.15, -0.1) is 0 Å². The van der Waals surface area contributed by atoms with Gasteiger partial charge < -0.3 is 4.90 Å². The van der Waals surface area contributed by atoms with Gasteiger partial charge in [0.25, 0.3) is 5.91 Å². The Morgan fingerprint density at radius 1 is 1.64 bits per heavy atom. The van der Waals surface area contributed by atoms with Crippen molar-refractivity contribution in [3.05, 3.63) is 0 Å². The highest BCUT2D eigenvalue weighted by atomic mass is 16.2. The maximum atomic E-state index is 10.6. The molecule has 0 aliphatic rings. The number of nitrogens with zero attached hydrogens (tertiary/aromatic N) is 2. The standard InChI is InChI=1S/C5H10N4O2/c1-4(10)9(2)3-5(11)7-8-6/h3H2,1-2H3,(H2,6,7,11). The second kappa shape index (κ2) is 4.37. The van der Waals surface area contributed by atoms with Crippen LogP contribution in [0.3, 0.4) is 0 Å². The van der Waals surface area contributed by atoms with Gasteiger partial charge in [-0.3, -0.25) is 9.59 Å². The molecule has 0 saturated heterocycles. The summed E-state index contributed by atoms with van der Waals surface area (Å²) in [5.41, 5.74) is 8.16. The Hall–Kier alpha value is -1.46. The number of amides is 2. The van der Waals surface area contributed by atoms with Gasteiger partial charge in [0.05, 0.1) is 0 Å². The van der Waals surface area contributed by atoms with E-state index in [1.165, 1.54) is 18.9 Å². The summed E-state index contributed by atoms with van der Waals surface area (Å²) in [7, 11) is 1.49. The Kier molecular flexibility index (Phi) is 3.79. The number of carbonyl (C=O) groups is 2. The Bertz CT molecular complexity index is 179. The largest absolute Gasteiger partial charge is 0.337 e. The zero-order chi connectivity index (χ0) is 8.85. The average molecular weight is 158 g/mol. The predicted molar refractivity (Wildman–Crippen MR) is 36.6 cm³/mol. The summed E-state index contributed by atoms with van der Waals surface area (Å²) in [4.78, 5) is 22.4. The molecular formula is C5H10N4O2. The molecule has 62 valence electrons. The summed E-state index contributed by atoms with van der Waals surface area (Å²) >= 11 is 0. The second-order valence-corrected chi connectivity index (χ2v) is 2.02. The molecule has 6 nitrogen and oxygen atoms in total. The molecule has 0 heterocycles. The van der Waals surface area contributed by atoms with Crippen LogP contribution in [0.4, 0.5) is 0 Å². The Morgan fingerprint density at radius 3 is 2.55 bits per heavy atom. The molecule has 0 unspecified atom stereocenters. The second-order valence-electron chi connectivity index (χ2n) is 2.02. The van der Waals surface area contributed by atoms with Gasteiger partial charge in [0, 0.05) is 14.0 Å². The van der Waals surface area contributed by atoms with Crippen molar-refractivity contribution >= 4 is 11.8 Å². The molecule has 0 radical (unpaired) electrons. The van der Waals surface area contributed by atoms with Crippen LogP contribution in [-0.2, 0) is 9.59 Å². The molecule has 6 heteroatoms. The van der Waals surface area contributed by atoms with Crippen LogP contribution in [0.15, 0.2) is 5.22 Å². The molecule has 0 fully saturated rings. The lowest BCUT2D eigenvalue weighted by Crippen LogP contribution is -2.35. The summed E-state index contributed by atoms with van der Waals surface area (Å²) in [6.45, 7) is 1.28. The van der Waals surface area contributed by atoms with E-state index < -0.39 is 5.91 Å². The highest BCUT2D eigenvalue weighted by Crippen LogP contribution is 1.81. The van der Waals surface area contributed by atoms with Gasteiger partial charge in [-0.05, 0) is 0 Å². The van der Waals surface area contributed by atoms with Crippen molar-refractivity contribution in [2.45, 2.75) is 6.92 Å². The van der Waals surface area contributed by atoms with Crippen molar-refractivity contribution in [2.75, 3.05) is 13.6 Å². The van der Waals surface area contributed by atoms with Crippen molar-refractivity contribution in [2.24, 2.45) is 5.22 Å². The lowest BCUT2D eigenvalue weighted by molar-refractivity contribution is -0.133. The van der Waals surface area contributed by atoms with Crippen LogP contribution in [0.2, 0.25) is 0 Å². The molecular weight excluding hydrogens is 148 g/mol. The summed E-state index contributed by atoms with van der Waals surface area (Å²) in [6, 6.07) is 0. The van der Waals surface area contributed by atoms with Crippen LogP contribution < -0.4 is 5.43 Å². The predicted octanol–water partition coefficient (Wildman–Crippen LogP) is -0.473. The summed E-state index contributed by atoms with van der Waals surface area (Å²) in [5, 5.41) is 2.66. The minimum atomic E-state index is -0.474. The molecule has 0 atom stereocenters. The van der Waals surface area contributed by atoms with E-state index in [-0.39, 0.29) is 12.5 Å². The molecule has 0 saturated carbocycles. The molecule has 0 aliphatic carbocycles. The number of carbonyl (C=O) groups excluding carboxylic acids is 2. The van der Waals surface area contributed by atoms with Crippen LogP contribution in [0.5, 0.6) is 0 Å². The number of likely N-dealkylation sites (N-methyl/N-ethyl adjacent to an activating group) is 1. The fourth-order valence-electron chi connectivity index (χ4n) is 0.424. The van der Waals surface area contributed by atoms with Crippen LogP contribution >= 0.6 is 0 Å². The molecule has 0 aromatic carbocycles. The molecule has 0 aromatic rings. The molecule has 0 bridgehead atoms. The van der Waals surface area contributed by atoms with Gasteiger partial charge >= 0.3 is 0 Å². The molecule has 0 aromatic heterocycles. The highest BCUT2D eigenvalue weighted by molar-refractivity contribution is 5.83. The van der Waals surface area contributed by atoms with Gasteiger partial charge in [-0.1, -0.05) is 5.22 Å². The molecule has 2 amide bonds. The highest BCUT2D eigenvalue weighted by Gasteiger charge is 2.06. The zero-order valence-corrected chi connectivity index (χ0v) is 6.42. The van der Waals surface area contributed by atoms with E-state index in [0.717, 1.165) is 0 Å². The third kappa shape index (κ3) is 4.01. The first-order chi connectivity index (χ1) is 5.07. The smallest absolute Gasteiger partial charge is 0.261 e. The lowest BCUT2D eigenvalue weighted by atomic mass is 10.5. The first kappa shape index (κ1) is 9.54. The Morgan fingerprint density at radius 2 is 2.18 bits per heavy atom. The third-order valence-electron chi connectivity index (χ3n) is 1.10. The van der Waals surface area contributed by atoms with Gasteiger partial charge in [0.1, 0.15) is 6.54 Å². The minimum absolute atomic E-state index is 0.0717. The van der Waals surface area contributed by atoms with E-state index in [2.05, 4.69) is 5.22 Å². The van der Waals surface area contributed by atoms with Gasteiger partial charge in [-0.2, -0.15) is 5.53 Å². The van der Waals surface area contributed by atoms with Crippen LogP contribution in [0.1, 0.15) is 6.92 Å². The van der Waals surface area contributed by atoms with E-state index in [9.17, 15) is 9.59 Å². The van der Waals surface area contributed by atoms with Crippen LogP contribution in [0, 0.1) is 5.53 Å². The van der Waals surface area contributed by atoms with Crippen molar-refractivity contribution in [3.8, 4) is 0 Å². The van der Waals surface area contributed by atoms with E-state index in [4.69, 9.17) is 5.53 Å². The number of nitrogens with one attached hydrogen (secondary N) is 2. The van der Waals surface area contributed by atoms with Gasteiger partial charge in [0.15, 0.2) is 0 Å². The third-order valence-corrected chi connectivity index (χ3v) is 1.10. The summed E-state index contributed by atoms with van der Waals surface area (Å²) in [5.74, 6) is -0.678. The summed E-state index contributed by atoms with van der Waals surface area (Å²) in [6.07, 6.45) is 0. The molecule has 11 heavy (non-hydrogen) atoms. The maximum Gasteiger partial charge on any atom is 0.261 e. The number of hydrogen-bond donors (Lipinski definition) is 2. The Balaban J connectivity index is 3.74. The van der Waals surface area contributed by atoms with Crippen molar-refractivity contribution in [3.63, 3.8) is 0 Å². The fourth-order valence-corrected chi connectivity index (χ4v) is 0.424. The van der Waals surface area contributed by atoms with Gasteiger partial charge in [-0.25, -0.2) is 5.43 Å². The first-order valence-electron chi connectivity index (χ1n) is 2.95. The lowest BCUT2D eigenvalue weighted by Gasteiger charge is -2.11. The monoisotopic (exact) mass is 158 g/mol. The Labute approximate surface area is 64.0 Å². The molecule has 0 rings (SSSR count). The van der Waals surface area contributed by atoms with E-state index in [0.29, 0.717) is 0 Å². The summed E-state index contributed by atoms with van der Waals surface area (Å²) < 4.78 is 0. The van der Waals surface area contributed by atoms with Crippen LogP contribution in [0.25, 0.3) is 0 Å². The quantitative estimate of drug-likeness (QED) is 0.429. The first-order valence-corrected chi connectivity index (χ1v) is 2.95. The molecule has 0 spiro atoms. The number of hydrogen-bond acceptors (Lipinski definition) is 4. The van der Waals surface area contributed by atoms with Crippen molar-refractivity contribution in [1.82, 2.24) is 10.3 Å². The fraction of sp³-hybridized carbons (Fsp3) is 0.600. The topological polar surface area (TPSA) is 85.6 Å². The van der Waals surface area contributed by atoms with Gasteiger partial charge in [0.2, 0.25) is 5.91 Å². The number of rotatable bonds is 3. The SMILES string of the molecule is CC(=O)N(C)CC(=O)NN=N. The normalized spacial score (nSPS) is 8.55. The van der Waals surface area contributed by atoms with Crippen molar-refractivity contribution in [1.29, 1.82) is 5.53 Å². The van der Waals surface area contributed by atoms with Crippen molar-refractivity contribution < 1.29 is 9.59 Å². The van der Waals surface area contributed by atoms with E-state index >= 15 is 0 Å². The minimum Gasteiger partial charge on any atom is -0.337 e. The van der Waals surface area contributed by atoms with Crippen LogP contribution in [-0.4, -0.2) is 30.3 Å². The average Bonchev–Trinajstić information content (AvgIpc) is 1.87. The maximum absolute atomic E-state index is 10.6. The molecule has 0 aliphatic heterocycles. The molecule has 2 N–H and O–H groups in total. The van der Waals surface area contributed by atoms with E-state index in [1.807, 2.05) is 5.43 Å². The van der Waals surface area contributed by atoms with E-state index in [1.54, 1.807) is 0 Å².